The summed E-state index contributed by atoms with van der Waals surface area (Å²) in [6, 6.07) is 4.68. The van der Waals surface area contributed by atoms with Gasteiger partial charge in [0.1, 0.15) is 5.82 Å². The fourth-order valence-electron chi connectivity index (χ4n) is 1.66. The van der Waals surface area contributed by atoms with E-state index in [-0.39, 0.29) is 12.9 Å². The molecule has 86 valence electrons. The quantitative estimate of drug-likeness (QED) is 0.699. The molecule has 0 amide bonds. The molecule has 0 bridgehead atoms. The molecule has 0 radical (unpaired) electrons. The second kappa shape index (κ2) is 4.95. The summed E-state index contributed by atoms with van der Waals surface area (Å²) in [5, 5.41) is 0. The van der Waals surface area contributed by atoms with Crippen LogP contribution in [0, 0.1) is 5.82 Å². The van der Waals surface area contributed by atoms with E-state index in [1.54, 1.807) is 6.07 Å². The molecule has 0 atom stereocenters. The van der Waals surface area contributed by atoms with Crippen molar-refractivity contribution in [2.75, 3.05) is 27.2 Å². The summed E-state index contributed by atoms with van der Waals surface area (Å²) in [4.78, 5) is 2.04. The minimum absolute atomic E-state index is 0.226. The highest BCUT2D eigenvalue weighted by Crippen LogP contribution is 2.12. The molecule has 0 N–H and O–H groups in total. The molecule has 16 heavy (non-hydrogen) atoms. The molecule has 0 aliphatic carbocycles. The number of rotatable bonds is 4. The third kappa shape index (κ3) is 2.61. The monoisotopic (exact) mass is 223 g/mol. The smallest absolute Gasteiger partial charge is 0.406 e. The Hall–Kier alpha value is -0.905. The number of benzene rings is 1. The van der Waals surface area contributed by atoms with Gasteiger partial charge in [0, 0.05) is 13.2 Å². The van der Waals surface area contributed by atoms with Gasteiger partial charge in [0.25, 0.3) is 0 Å². The third-order valence-corrected chi connectivity index (χ3v) is 2.56. The minimum atomic E-state index is -0.337. The van der Waals surface area contributed by atoms with Crippen LogP contribution >= 0.6 is 0 Å². The maximum atomic E-state index is 12.9. The lowest BCUT2D eigenvalue weighted by molar-refractivity contribution is 0.193. The van der Waals surface area contributed by atoms with E-state index >= 15 is 0 Å². The van der Waals surface area contributed by atoms with Crippen molar-refractivity contribution < 1.29 is 13.7 Å². The molecule has 1 aliphatic heterocycles. The first-order valence-corrected chi connectivity index (χ1v) is 5.33. The summed E-state index contributed by atoms with van der Waals surface area (Å²) in [5.41, 5.74) is 1.83. The Morgan fingerprint density at radius 2 is 2.31 bits per heavy atom. The summed E-state index contributed by atoms with van der Waals surface area (Å²) in [5.74, 6) is -0.226. The molecule has 1 aromatic rings. The highest BCUT2D eigenvalue weighted by molar-refractivity contribution is 6.62. The van der Waals surface area contributed by atoms with Gasteiger partial charge in [-0.15, -0.1) is 0 Å². The van der Waals surface area contributed by atoms with E-state index in [9.17, 15) is 4.39 Å². The third-order valence-electron chi connectivity index (χ3n) is 2.56. The van der Waals surface area contributed by atoms with Crippen molar-refractivity contribution >= 4 is 12.6 Å². The van der Waals surface area contributed by atoms with Crippen molar-refractivity contribution in [3.63, 3.8) is 0 Å². The van der Waals surface area contributed by atoms with E-state index in [4.69, 9.17) is 9.31 Å². The SMILES string of the molecule is CN(C)CCOB1OCc2cc(F)ccc21. The maximum Gasteiger partial charge on any atom is 0.494 e. The molecular weight excluding hydrogens is 208 g/mol. The summed E-state index contributed by atoms with van der Waals surface area (Å²) < 4.78 is 24.0. The predicted octanol–water partition coefficient (Wildman–Crippen LogP) is 0.629. The van der Waals surface area contributed by atoms with E-state index < -0.39 is 0 Å². The van der Waals surface area contributed by atoms with Crippen LogP contribution < -0.4 is 5.46 Å². The summed E-state index contributed by atoms with van der Waals surface area (Å²) >= 11 is 0. The van der Waals surface area contributed by atoms with Crippen molar-refractivity contribution in [2.24, 2.45) is 0 Å². The lowest BCUT2D eigenvalue weighted by Crippen LogP contribution is -2.34. The molecule has 3 nitrogen and oxygen atoms in total. The van der Waals surface area contributed by atoms with Gasteiger partial charge in [0.2, 0.25) is 0 Å². The lowest BCUT2D eigenvalue weighted by Gasteiger charge is -2.12. The van der Waals surface area contributed by atoms with Crippen LogP contribution in [0.25, 0.3) is 0 Å². The number of halogens is 1. The molecule has 5 heteroatoms. The molecule has 1 aromatic carbocycles. The van der Waals surface area contributed by atoms with Gasteiger partial charge < -0.3 is 14.2 Å². The van der Waals surface area contributed by atoms with Gasteiger partial charge in [-0.05, 0) is 37.3 Å². The summed E-state index contributed by atoms with van der Waals surface area (Å²) in [6.45, 7) is 1.88. The second-order valence-electron chi connectivity index (χ2n) is 4.16. The first kappa shape index (κ1) is 11.6. The number of hydrogen-bond donors (Lipinski definition) is 0. The van der Waals surface area contributed by atoms with Crippen molar-refractivity contribution in [1.29, 1.82) is 0 Å². The minimum Gasteiger partial charge on any atom is -0.406 e. The first-order chi connectivity index (χ1) is 7.66. The Morgan fingerprint density at radius 1 is 1.50 bits per heavy atom. The van der Waals surface area contributed by atoms with E-state index in [2.05, 4.69) is 0 Å². The van der Waals surface area contributed by atoms with Gasteiger partial charge in [-0.2, -0.15) is 0 Å². The van der Waals surface area contributed by atoms with Crippen LogP contribution in [0.5, 0.6) is 0 Å². The Bertz CT molecular complexity index is 373. The molecule has 1 aliphatic rings. The van der Waals surface area contributed by atoms with E-state index in [1.807, 2.05) is 19.0 Å². The molecule has 0 saturated carbocycles. The predicted molar refractivity (Wildman–Crippen MR) is 61.1 cm³/mol. The van der Waals surface area contributed by atoms with Crippen LogP contribution in [0.1, 0.15) is 5.56 Å². The van der Waals surface area contributed by atoms with Crippen LogP contribution in [-0.4, -0.2) is 39.3 Å². The Labute approximate surface area is 95.3 Å². The van der Waals surface area contributed by atoms with Crippen LogP contribution in [-0.2, 0) is 15.9 Å². The molecule has 0 spiro atoms. The summed E-state index contributed by atoms with van der Waals surface area (Å²) in [7, 11) is 3.64. The molecule has 0 fully saturated rings. The van der Waals surface area contributed by atoms with Crippen molar-refractivity contribution in [2.45, 2.75) is 6.61 Å². The Balaban J connectivity index is 1.95. The Kier molecular flexibility index (Phi) is 3.58. The van der Waals surface area contributed by atoms with E-state index in [0.29, 0.717) is 13.2 Å². The topological polar surface area (TPSA) is 21.7 Å². The molecule has 0 saturated heterocycles. The van der Waals surface area contributed by atoms with Crippen molar-refractivity contribution in [3.8, 4) is 0 Å². The molecule has 0 unspecified atom stereocenters. The maximum absolute atomic E-state index is 12.9. The van der Waals surface area contributed by atoms with Gasteiger partial charge in [-0.25, -0.2) is 4.39 Å². The summed E-state index contributed by atoms with van der Waals surface area (Å²) in [6.07, 6.45) is 0. The van der Waals surface area contributed by atoms with Crippen LogP contribution in [0.3, 0.4) is 0 Å². The van der Waals surface area contributed by atoms with Gasteiger partial charge in [-0.3, -0.25) is 0 Å². The largest absolute Gasteiger partial charge is 0.494 e. The molecular formula is C11H15BFNO2. The highest BCUT2D eigenvalue weighted by Gasteiger charge is 2.30. The van der Waals surface area contributed by atoms with Gasteiger partial charge in [0.05, 0.1) is 6.61 Å². The molecule has 2 rings (SSSR count). The van der Waals surface area contributed by atoms with E-state index in [1.165, 1.54) is 12.1 Å². The molecule has 0 aromatic heterocycles. The lowest BCUT2D eigenvalue weighted by atomic mass is 9.79. The van der Waals surface area contributed by atoms with Gasteiger partial charge >= 0.3 is 7.12 Å². The average molecular weight is 223 g/mol. The highest BCUT2D eigenvalue weighted by atomic mass is 19.1. The zero-order valence-corrected chi connectivity index (χ0v) is 9.57. The van der Waals surface area contributed by atoms with Crippen LogP contribution in [0.15, 0.2) is 18.2 Å². The van der Waals surface area contributed by atoms with Gasteiger partial charge in [-0.1, -0.05) is 6.07 Å². The van der Waals surface area contributed by atoms with Crippen molar-refractivity contribution in [1.82, 2.24) is 4.90 Å². The van der Waals surface area contributed by atoms with Crippen LogP contribution in [0.4, 0.5) is 4.39 Å². The number of likely N-dealkylation sites (N-methyl/N-ethyl adjacent to an activating group) is 1. The standard InChI is InChI=1S/C11H15BFNO2/c1-14(2)5-6-15-12-11-4-3-10(13)7-9(11)8-16-12/h3-4,7H,5-6,8H2,1-2H3. The zero-order valence-electron chi connectivity index (χ0n) is 9.57. The van der Waals surface area contributed by atoms with Crippen LogP contribution in [0.2, 0.25) is 0 Å². The fraction of sp³-hybridized carbons (Fsp3) is 0.455. The first-order valence-electron chi connectivity index (χ1n) is 5.33. The second-order valence-corrected chi connectivity index (χ2v) is 4.16. The average Bonchev–Trinajstić information content (AvgIpc) is 2.60. The number of hydrogen-bond acceptors (Lipinski definition) is 3. The number of fused-ring (bicyclic) bond motifs is 1. The van der Waals surface area contributed by atoms with E-state index in [0.717, 1.165) is 17.6 Å². The normalized spacial score (nSPS) is 14.6. The zero-order chi connectivity index (χ0) is 11.5. The van der Waals surface area contributed by atoms with Gasteiger partial charge in [0.15, 0.2) is 0 Å². The number of nitrogens with zero attached hydrogens (tertiary/aromatic N) is 1. The Morgan fingerprint density at radius 3 is 3.06 bits per heavy atom. The molecule has 1 heterocycles. The van der Waals surface area contributed by atoms with Crippen molar-refractivity contribution in [3.05, 3.63) is 29.6 Å². The fourth-order valence-corrected chi connectivity index (χ4v) is 1.66.